The Morgan fingerprint density at radius 1 is 1.00 bits per heavy atom. The van der Waals surface area contributed by atoms with Crippen LogP contribution in [-0.2, 0) is 39.3 Å². The van der Waals surface area contributed by atoms with E-state index in [9.17, 15) is 27.9 Å². The number of aryl methyl sites for hydroxylation is 1. The van der Waals surface area contributed by atoms with Gasteiger partial charge in [0.1, 0.15) is 6.04 Å². The number of tetrazole rings is 1. The van der Waals surface area contributed by atoms with Crippen LogP contribution in [0.4, 0.5) is 13.2 Å². The summed E-state index contributed by atoms with van der Waals surface area (Å²) in [6.07, 6.45) is -4.94. The lowest BCUT2D eigenvalue weighted by atomic mass is 9.99. The molecule has 4 aromatic rings. The maximum Gasteiger partial charge on any atom is 0.471 e. The summed E-state index contributed by atoms with van der Waals surface area (Å²) in [5.74, 6) is -1.98. The maximum absolute atomic E-state index is 13.0. The molecule has 2 N–H and O–H groups in total. The molecular weight excluding hydrogens is 661 g/mol. The molecule has 1 aromatic heterocycles. The van der Waals surface area contributed by atoms with Crippen LogP contribution in [0.2, 0.25) is 0 Å². The van der Waals surface area contributed by atoms with Gasteiger partial charge >= 0.3 is 12.1 Å². The average Bonchev–Trinajstić information content (AvgIpc) is 3.78. The largest absolute Gasteiger partial charge is 0.471 e. The zero-order valence-electron chi connectivity index (χ0n) is 26.5. The molecule has 3 aromatic carbocycles. The predicted octanol–water partition coefficient (Wildman–Crippen LogP) is 4.88. The number of nitrogens with one attached hydrogen (secondary N) is 1. The standard InChI is InChI=1S/C34H35F3N6O5S/c1-42-33(39-40-41-42)49-20-27-17-29(24-9-7-21(19-44)8-10-24)48-31(47-27)25-13-11-23(12-14-25)26-5-2-4-22(16-26)18-38-30(45)28-6-3-15-43(28)32(46)34(35,36)37/h2,4-5,7-14,16,27-29,31,44H,3,6,15,17-20H2,1H3,(H,38,45). The molecule has 4 atom stereocenters. The van der Waals surface area contributed by atoms with Gasteiger partial charge in [0, 0.05) is 37.9 Å². The number of ether oxygens (including phenoxy) is 2. The van der Waals surface area contributed by atoms with Crippen molar-refractivity contribution < 1.29 is 37.3 Å². The van der Waals surface area contributed by atoms with Crippen LogP contribution < -0.4 is 5.32 Å². The van der Waals surface area contributed by atoms with Crippen molar-refractivity contribution >= 4 is 23.6 Å². The van der Waals surface area contributed by atoms with Gasteiger partial charge in [0.2, 0.25) is 11.1 Å². The zero-order chi connectivity index (χ0) is 34.5. The van der Waals surface area contributed by atoms with Gasteiger partial charge in [-0.15, -0.1) is 5.10 Å². The molecule has 0 saturated carbocycles. The lowest BCUT2D eigenvalue weighted by Gasteiger charge is -2.36. The van der Waals surface area contributed by atoms with Gasteiger partial charge in [0.25, 0.3) is 0 Å². The van der Waals surface area contributed by atoms with E-state index in [1.807, 2.05) is 72.8 Å². The fraction of sp³-hybridized carbons (Fsp3) is 0.382. The van der Waals surface area contributed by atoms with E-state index in [1.165, 1.54) is 11.8 Å². The van der Waals surface area contributed by atoms with Gasteiger partial charge in [0.05, 0.1) is 18.8 Å². The van der Waals surface area contributed by atoms with Crippen molar-refractivity contribution in [2.24, 2.45) is 7.05 Å². The highest BCUT2D eigenvalue weighted by molar-refractivity contribution is 7.99. The van der Waals surface area contributed by atoms with E-state index in [2.05, 4.69) is 20.8 Å². The SMILES string of the molecule is Cn1nnnc1SCC1CC(c2ccc(CO)cc2)OC(c2ccc(-c3cccc(CNC(=O)C4CCCN4C(=O)C(F)(F)F)c3)cc2)O1. The van der Waals surface area contributed by atoms with Crippen molar-refractivity contribution in [3.63, 3.8) is 0 Å². The third-order valence-corrected chi connectivity index (χ3v) is 9.71. The predicted molar refractivity (Wildman–Crippen MR) is 172 cm³/mol. The third-order valence-electron chi connectivity index (χ3n) is 8.56. The lowest BCUT2D eigenvalue weighted by Crippen LogP contribution is -2.50. The second-order valence-electron chi connectivity index (χ2n) is 11.9. The molecule has 258 valence electrons. The minimum Gasteiger partial charge on any atom is -0.392 e. The fourth-order valence-corrected chi connectivity index (χ4v) is 6.85. The van der Waals surface area contributed by atoms with Crippen LogP contribution in [0.25, 0.3) is 11.1 Å². The van der Waals surface area contributed by atoms with Crippen LogP contribution in [0, 0.1) is 0 Å². The number of thioether (sulfide) groups is 1. The molecule has 3 heterocycles. The van der Waals surface area contributed by atoms with Crippen molar-refractivity contribution in [1.82, 2.24) is 30.4 Å². The molecule has 11 nitrogen and oxygen atoms in total. The molecule has 4 unspecified atom stereocenters. The van der Waals surface area contributed by atoms with Crippen molar-refractivity contribution in [3.8, 4) is 11.1 Å². The highest BCUT2D eigenvalue weighted by Gasteiger charge is 2.47. The number of halogens is 3. The van der Waals surface area contributed by atoms with E-state index in [-0.39, 0.29) is 38.3 Å². The monoisotopic (exact) mass is 696 g/mol. The number of carbonyl (C=O) groups is 2. The number of aliphatic hydroxyl groups is 1. The van der Waals surface area contributed by atoms with E-state index in [1.54, 1.807) is 11.7 Å². The number of nitrogens with zero attached hydrogens (tertiary/aromatic N) is 5. The Kier molecular flexibility index (Phi) is 10.6. The first kappa shape index (κ1) is 34.5. The molecule has 6 rings (SSSR count). The second-order valence-corrected chi connectivity index (χ2v) is 12.9. The van der Waals surface area contributed by atoms with Gasteiger partial charge in [-0.2, -0.15) is 13.2 Å². The summed E-state index contributed by atoms with van der Waals surface area (Å²) in [7, 11) is 1.78. The molecule has 49 heavy (non-hydrogen) atoms. The Labute approximate surface area is 284 Å². The van der Waals surface area contributed by atoms with Gasteiger partial charge in [-0.25, -0.2) is 4.68 Å². The Balaban J connectivity index is 1.12. The van der Waals surface area contributed by atoms with Crippen LogP contribution in [-0.4, -0.2) is 72.6 Å². The number of carbonyl (C=O) groups excluding carboxylic acids is 2. The van der Waals surface area contributed by atoms with E-state index < -0.39 is 30.3 Å². The van der Waals surface area contributed by atoms with E-state index >= 15 is 0 Å². The number of hydrogen-bond acceptors (Lipinski definition) is 9. The Hall–Kier alpha value is -4.31. The molecule has 2 aliphatic heterocycles. The number of alkyl halides is 3. The number of likely N-dealkylation sites (tertiary alicyclic amines) is 1. The Morgan fingerprint density at radius 3 is 2.45 bits per heavy atom. The number of amides is 2. The van der Waals surface area contributed by atoms with Gasteiger partial charge < -0.3 is 24.8 Å². The maximum atomic E-state index is 13.0. The van der Waals surface area contributed by atoms with Crippen molar-refractivity contribution in [2.45, 2.75) is 68.3 Å². The van der Waals surface area contributed by atoms with E-state index in [0.717, 1.165) is 33.4 Å². The minimum absolute atomic E-state index is 0.0425. The van der Waals surface area contributed by atoms with Crippen LogP contribution in [0.5, 0.6) is 0 Å². The van der Waals surface area contributed by atoms with Crippen molar-refractivity contribution in [3.05, 3.63) is 95.1 Å². The number of benzene rings is 3. The summed E-state index contributed by atoms with van der Waals surface area (Å²) in [5.41, 5.74) is 5.17. The molecule has 0 bridgehead atoms. The molecule has 15 heteroatoms. The Bertz CT molecular complexity index is 1750. The molecule has 2 saturated heterocycles. The average molecular weight is 697 g/mol. The molecule has 2 aliphatic rings. The third kappa shape index (κ3) is 8.29. The fourth-order valence-electron chi connectivity index (χ4n) is 5.98. The second kappa shape index (κ2) is 15.1. The quantitative estimate of drug-likeness (QED) is 0.223. The van der Waals surface area contributed by atoms with Gasteiger partial charge in [-0.3, -0.25) is 9.59 Å². The summed E-state index contributed by atoms with van der Waals surface area (Å²) >= 11 is 1.50. The number of hydrogen-bond donors (Lipinski definition) is 2. The zero-order valence-corrected chi connectivity index (χ0v) is 27.4. The lowest BCUT2D eigenvalue weighted by molar-refractivity contribution is -0.245. The summed E-state index contributed by atoms with van der Waals surface area (Å²) in [6, 6.07) is 21.8. The number of aliphatic hydroxyl groups excluding tert-OH is 1. The molecule has 0 aliphatic carbocycles. The van der Waals surface area contributed by atoms with Crippen molar-refractivity contribution in [2.75, 3.05) is 12.3 Å². The first-order chi connectivity index (χ1) is 23.6. The first-order valence-electron chi connectivity index (χ1n) is 15.8. The van der Waals surface area contributed by atoms with Gasteiger partial charge in [-0.1, -0.05) is 78.5 Å². The highest BCUT2D eigenvalue weighted by atomic mass is 32.2. The van der Waals surface area contributed by atoms with Crippen LogP contribution >= 0.6 is 11.8 Å². The van der Waals surface area contributed by atoms with Crippen molar-refractivity contribution in [1.29, 1.82) is 0 Å². The molecule has 2 amide bonds. The van der Waals surface area contributed by atoms with Gasteiger partial charge in [-0.05, 0) is 57.2 Å². The van der Waals surface area contributed by atoms with Crippen LogP contribution in [0.15, 0.2) is 78.0 Å². The van der Waals surface area contributed by atoms with E-state index in [4.69, 9.17) is 9.47 Å². The summed E-state index contributed by atoms with van der Waals surface area (Å²) in [5, 5.41) is 24.5. The molecule has 0 spiro atoms. The summed E-state index contributed by atoms with van der Waals surface area (Å²) in [6.45, 7) is -0.0416. The summed E-state index contributed by atoms with van der Waals surface area (Å²) in [4.78, 5) is 25.2. The number of aromatic nitrogens is 4. The van der Waals surface area contributed by atoms with Gasteiger partial charge in [0.15, 0.2) is 6.29 Å². The molecule has 0 radical (unpaired) electrons. The molecular formula is C34H35F3N6O5S. The minimum atomic E-state index is -5.02. The number of rotatable bonds is 10. The topological polar surface area (TPSA) is 132 Å². The first-order valence-corrected chi connectivity index (χ1v) is 16.8. The highest BCUT2D eigenvalue weighted by Crippen LogP contribution is 2.39. The Morgan fingerprint density at radius 2 is 1.76 bits per heavy atom. The molecule has 2 fully saturated rings. The van der Waals surface area contributed by atoms with Crippen LogP contribution in [0.1, 0.15) is 53.9 Å². The van der Waals surface area contributed by atoms with Crippen LogP contribution in [0.3, 0.4) is 0 Å². The smallest absolute Gasteiger partial charge is 0.392 e. The normalized spacial score (nSPS) is 21.1. The summed E-state index contributed by atoms with van der Waals surface area (Å²) < 4.78 is 53.5. The van der Waals surface area contributed by atoms with E-state index in [0.29, 0.717) is 28.7 Å².